The molecule has 0 saturated carbocycles. The average molecular weight is 293 g/mol. The van der Waals surface area contributed by atoms with E-state index in [0.717, 1.165) is 30.4 Å². The van der Waals surface area contributed by atoms with Gasteiger partial charge in [-0.3, -0.25) is 4.79 Å². The molecule has 0 aromatic heterocycles. The Hall–Kier alpha value is -1.59. The summed E-state index contributed by atoms with van der Waals surface area (Å²) in [5.41, 5.74) is 2.08. The van der Waals surface area contributed by atoms with E-state index in [0.29, 0.717) is 18.9 Å². The second-order valence-corrected chi connectivity index (χ2v) is 5.31. The van der Waals surface area contributed by atoms with E-state index in [1.54, 1.807) is 14.0 Å². The Morgan fingerprint density at radius 3 is 3.10 bits per heavy atom. The number of rotatable bonds is 7. The summed E-state index contributed by atoms with van der Waals surface area (Å²) in [4.78, 5) is 11.9. The van der Waals surface area contributed by atoms with Crippen molar-refractivity contribution in [2.45, 2.75) is 38.4 Å². The molecule has 1 aliphatic carbocycles. The molecular formula is C16H23NO4. The summed E-state index contributed by atoms with van der Waals surface area (Å²) in [7, 11) is 1.64. The molecule has 2 atom stereocenters. The van der Waals surface area contributed by atoms with E-state index in [1.165, 1.54) is 0 Å². The SMILES string of the molecule is COCCCNC(=O)C(C)Oc1ccc2c(c1)CC[C@H]2O. The molecule has 2 N–H and O–H groups in total. The van der Waals surface area contributed by atoms with Gasteiger partial charge in [0.05, 0.1) is 6.10 Å². The van der Waals surface area contributed by atoms with Gasteiger partial charge in [-0.15, -0.1) is 0 Å². The van der Waals surface area contributed by atoms with Crippen LogP contribution in [0.15, 0.2) is 18.2 Å². The number of carbonyl (C=O) groups is 1. The van der Waals surface area contributed by atoms with Crippen LogP contribution in [0.4, 0.5) is 0 Å². The molecule has 0 bridgehead atoms. The summed E-state index contributed by atoms with van der Waals surface area (Å²) in [6.07, 6.45) is 1.48. The number of ether oxygens (including phenoxy) is 2. The maximum absolute atomic E-state index is 11.9. The predicted octanol–water partition coefficient (Wildman–Crippen LogP) is 1.59. The quantitative estimate of drug-likeness (QED) is 0.749. The van der Waals surface area contributed by atoms with Crippen molar-refractivity contribution in [1.29, 1.82) is 0 Å². The molecule has 5 nitrogen and oxygen atoms in total. The summed E-state index contributed by atoms with van der Waals surface area (Å²) in [6, 6.07) is 5.61. The molecule has 1 aromatic rings. The largest absolute Gasteiger partial charge is 0.481 e. The van der Waals surface area contributed by atoms with Gasteiger partial charge in [0.25, 0.3) is 5.91 Å². The highest BCUT2D eigenvalue weighted by Gasteiger charge is 2.21. The summed E-state index contributed by atoms with van der Waals surface area (Å²) in [6.45, 7) is 2.94. The van der Waals surface area contributed by atoms with E-state index in [1.807, 2.05) is 18.2 Å². The van der Waals surface area contributed by atoms with Crippen molar-refractivity contribution in [3.63, 3.8) is 0 Å². The van der Waals surface area contributed by atoms with Gasteiger partial charge in [0.2, 0.25) is 0 Å². The van der Waals surface area contributed by atoms with E-state index in [-0.39, 0.29) is 12.0 Å². The van der Waals surface area contributed by atoms with Gasteiger partial charge in [-0.25, -0.2) is 0 Å². The minimum absolute atomic E-state index is 0.133. The number of hydrogen-bond donors (Lipinski definition) is 2. The van der Waals surface area contributed by atoms with Crippen LogP contribution in [-0.4, -0.2) is 37.4 Å². The highest BCUT2D eigenvalue weighted by atomic mass is 16.5. The fraction of sp³-hybridized carbons (Fsp3) is 0.562. The van der Waals surface area contributed by atoms with Gasteiger partial charge < -0.3 is 19.9 Å². The highest BCUT2D eigenvalue weighted by molar-refractivity contribution is 5.80. The Bertz CT molecular complexity index is 489. The molecular weight excluding hydrogens is 270 g/mol. The minimum Gasteiger partial charge on any atom is -0.481 e. The van der Waals surface area contributed by atoms with E-state index in [4.69, 9.17) is 9.47 Å². The first kappa shape index (κ1) is 15.8. The zero-order chi connectivity index (χ0) is 15.2. The van der Waals surface area contributed by atoms with Crippen LogP contribution in [0.25, 0.3) is 0 Å². The number of methoxy groups -OCH3 is 1. The number of fused-ring (bicyclic) bond motifs is 1. The third-order valence-corrected chi connectivity index (χ3v) is 3.67. The molecule has 1 unspecified atom stereocenters. The van der Waals surface area contributed by atoms with Crippen molar-refractivity contribution < 1.29 is 19.4 Å². The second-order valence-electron chi connectivity index (χ2n) is 5.31. The first-order chi connectivity index (χ1) is 10.1. The molecule has 21 heavy (non-hydrogen) atoms. The maximum atomic E-state index is 11.9. The summed E-state index contributed by atoms with van der Waals surface area (Å²) in [5.74, 6) is 0.536. The van der Waals surface area contributed by atoms with Gasteiger partial charge >= 0.3 is 0 Å². The Morgan fingerprint density at radius 2 is 2.33 bits per heavy atom. The molecule has 2 rings (SSSR count). The lowest BCUT2D eigenvalue weighted by molar-refractivity contribution is -0.127. The van der Waals surface area contributed by atoms with Crippen LogP contribution in [0.2, 0.25) is 0 Å². The number of aliphatic hydroxyl groups excluding tert-OH is 1. The Balaban J connectivity index is 1.85. The zero-order valence-corrected chi connectivity index (χ0v) is 12.6. The van der Waals surface area contributed by atoms with Crippen LogP contribution in [0.5, 0.6) is 5.75 Å². The molecule has 5 heteroatoms. The lowest BCUT2D eigenvalue weighted by Gasteiger charge is -2.15. The van der Waals surface area contributed by atoms with Crippen molar-refractivity contribution in [2.75, 3.05) is 20.3 Å². The van der Waals surface area contributed by atoms with Gasteiger partial charge in [-0.1, -0.05) is 6.07 Å². The molecule has 0 spiro atoms. The number of amides is 1. The van der Waals surface area contributed by atoms with Crippen LogP contribution >= 0.6 is 0 Å². The van der Waals surface area contributed by atoms with Gasteiger partial charge in [0.1, 0.15) is 5.75 Å². The Labute approximate surface area is 125 Å². The van der Waals surface area contributed by atoms with Gasteiger partial charge in [-0.05, 0) is 49.4 Å². The Kier molecular flexibility index (Phi) is 5.59. The zero-order valence-electron chi connectivity index (χ0n) is 12.6. The van der Waals surface area contributed by atoms with Gasteiger partial charge in [-0.2, -0.15) is 0 Å². The Morgan fingerprint density at radius 1 is 1.52 bits per heavy atom. The predicted molar refractivity (Wildman–Crippen MR) is 79.3 cm³/mol. The summed E-state index contributed by atoms with van der Waals surface area (Å²) in [5, 5.41) is 12.6. The minimum atomic E-state index is -0.545. The monoisotopic (exact) mass is 293 g/mol. The molecule has 0 saturated heterocycles. The van der Waals surface area contributed by atoms with E-state index in [2.05, 4.69) is 5.32 Å². The van der Waals surface area contributed by atoms with E-state index < -0.39 is 6.10 Å². The standard InChI is InChI=1S/C16H23NO4/c1-11(16(19)17-8-3-9-20-2)21-13-5-6-14-12(10-13)4-7-15(14)18/h5-6,10-11,15,18H,3-4,7-9H2,1-2H3,(H,17,19)/t11?,15-/m1/s1. The average Bonchev–Trinajstić information content (AvgIpc) is 2.84. The topological polar surface area (TPSA) is 67.8 Å². The molecule has 0 heterocycles. The first-order valence-electron chi connectivity index (χ1n) is 7.36. The lowest BCUT2D eigenvalue weighted by Crippen LogP contribution is -2.37. The summed E-state index contributed by atoms with van der Waals surface area (Å²) < 4.78 is 10.6. The van der Waals surface area contributed by atoms with E-state index in [9.17, 15) is 9.90 Å². The normalized spacial score (nSPS) is 18.1. The number of carbonyl (C=O) groups excluding carboxylic acids is 1. The molecule has 0 fully saturated rings. The van der Waals surface area contributed by atoms with Crippen LogP contribution < -0.4 is 10.1 Å². The third-order valence-electron chi connectivity index (χ3n) is 3.67. The van der Waals surface area contributed by atoms with Crippen molar-refractivity contribution in [3.8, 4) is 5.75 Å². The second kappa shape index (κ2) is 7.43. The van der Waals surface area contributed by atoms with Crippen molar-refractivity contribution in [2.24, 2.45) is 0 Å². The fourth-order valence-corrected chi connectivity index (χ4v) is 2.47. The fourth-order valence-electron chi connectivity index (χ4n) is 2.47. The number of aryl methyl sites for hydroxylation is 1. The molecule has 1 aromatic carbocycles. The lowest BCUT2D eigenvalue weighted by atomic mass is 10.1. The van der Waals surface area contributed by atoms with Crippen LogP contribution in [0.3, 0.4) is 0 Å². The van der Waals surface area contributed by atoms with Crippen molar-refractivity contribution in [1.82, 2.24) is 5.32 Å². The van der Waals surface area contributed by atoms with Crippen LogP contribution in [0, 0.1) is 0 Å². The van der Waals surface area contributed by atoms with Gasteiger partial charge in [0.15, 0.2) is 6.10 Å². The first-order valence-corrected chi connectivity index (χ1v) is 7.36. The molecule has 0 radical (unpaired) electrons. The highest BCUT2D eigenvalue weighted by Crippen LogP contribution is 2.33. The van der Waals surface area contributed by atoms with Crippen molar-refractivity contribution >= 4 is 5.91 Å². The molecule has 116 valence electrons. The van der Waals surface area contributed by atoms with Gasteiger partial charge in [0, 0.05) is 20.3 Å². The molecule has 1 aliphatic rings. The smallest absolute Gasteiger partial charge is 0.260 e. The van der Waals surface area contributed by atoms with Crippen molar-refractivity contribution in [3.05, 3.63) is 29.3 Å². The maximum Gasteiger partial charge on any atom is 0.260 e. The van der Waals surface area contributed by atoms with E-state index >= 15 is 0 Å². The number of benzene rings is 1. The molecule has 1 amide bonds. The third kappa shape index (κ3) is 4.19. The molecule has 0 aliphatic heterocycles. The number of nitrogens with one attached hydrogen (secondary N) is 1. The van der Waals surface area contributed by atoms with Crippen LogP contribution in [0.1, 0.15) is 37.0 Å². The van der Waals surface area contributed by atoms with Crippen LogP contribution in [-0.2, 0) is 16.0 Å². The number of aliphatic hydroxyl groups is 1. The summed E-state index contributed by atoms with van der Waals surface area (Å²) >= 11 is 0. The number of hydrogen-bond acceptors (Lipinski definition) is 4.